The van der Waals surface area contributed by atoms with Crippen LogP contribution in [0.5, 0.6) is 11.5 Å². The minimum atomic E-state index is -3.01. The molecule has 0 amide bonds. The fourth-order valence-electron chi connectivity index (χ4n) is 11.5. The van der Waals surface area contributed by atoms with Gasteiger partial charge in [0.2, 0.25) is 0 Å². The minimum absolute atomic E-state index is 0.0408. The number of aromatic nitrogens is 4. The number of nitrogens with zero attached hydrogens (tertiary/aromatic N) is 4. The molecule has 0 aliphatic heterocycles. The number of aryl methyl sites for hydroxylation is 2. The molecule has 0 saturated carbocycles. The third-order valence-corrected chi connectivity index (χ3v) is 16.0. The van der Waals surface area contributed by atoms with Crippen molar-refractivity contribution in [2.24, 2.45) is 0 Å². The van der Waals surface area contributed by atoms with Crippen LogP contribution >= 0.6 is 0 Å². The van der Waals surface area contributed by atoms with Crippen molar-refractivity contribution in [2.75, 3.05) is 0 Å². The summed E-state index contributed by atoms with van der Waals surface area (Å²) in [5.74, 6) is 1.06. The molecule has 0 fully saturated rings. The normalized spacial score (nSPS) is 17.0. The van der Waals surface area contributed by atoms with E-state index in [4.69, 9.17) is 34.4 Å². The van der Waals surface area contributed by atoms with Crippen molar-refractivity contribution in [1.29, 1.82) is 0 Å². The molecule has 0 atom stereocenters. The predicted octanol–water partition coefficient (Wildman–Crippen LogP) is 22.9. The summed E-state index contributed by atoms with van der Waals surface area (Å²) in [4.78, 5) is 4.85. The number of fused-ring (bicyclic) bond motifs is 4. The fraction of sp³-hybridized carbons (Fsp3) is 0.114. The molecule has 0 spiro atoms. The zero-order chi connectivity index (χ0) is 91.2. The van der Waals surface area contributed by atoms with E-state index in [1.807, 2.05) is 53.1 Å². The highest BCUT2D eigenvalue weighted by molar-refractivity contribution is 6.09. The first kappa shape index (κ1) is 32.7. The molecule has 450 valence electrons. The van der Waals surface area contributed by atoms with Crippen molar-refractivity contribution in [2.45, 2.75) is 66.1 Å². The number of hydrogen-bond acceptors (Lipinski definition) is 2. The minimum Gasteiger partial charge on any atom is -0.458 e. The van der Waals surface area contributed by atoms with Gasteiger partial charge >= 0.3 is 0 Å². The Hall–Kier alpha value is -11.1. The third-order valence-electron chi connectivity index (χ3n) is 16.0. The Bertz CT molecular complexity index is 6640. The molecule has 0 saturated heterocycles. The van der Waals surface area contributed by atoms with Gasteiger partial charge in [-0.3, -0.25) is 13.7 Å². The summed E-state index contributed by atoms with van der Waals surface area (Å²) in [6.45, 7) is 5.25. The molecule has 0 aliphatic rings. The van der Waals surface area contributed by atoms with Crippen LogP contribution in [0, 0.1) is 20.0 Å². The Morgan fingerprint density at radius 1 is 0.430 bits per heavy atom. The zero-order valence-electron chi connectivity index (χ0n) is 82.9. The van der Waals surface area contributed by atoms with Crippen LogP contribution in [-0.4, -0.2) is 14.1 Å². The van der Waals surface area contributed by atoms with E-state index >= 15 is 0 Å². The van der Waals surface area contributed by atoms with Crippen molar-refractivity contribution in [3.63, 3.8) is 0 Å². The summed E-state index contributed by atoms with van der Waals surface area (Å²) < 4.78 is 312. The van der Waals surface area contributed by atoms with E-state index < -0.39 is 260 Å². The monoisotopic (exact) mass is 1230 g/mol. The van der Waals surface area contributed by atoms with Gasteiger partial charge in [-0.1, -0.05) is 229 Å². The molecule has 0 N–H and O–H groups in total. The van der Waals surface area contributed by atoms with Crippen LogP contribution < -0.4 is 9.30 Å². The largest absolute Gasteiger partial charge is 0.458 e. The average molecular weight is 1230 g/mol. The Morgan fingerprint density at radius 3 is 1.49 bits per heavy atom. The summed E-state index contributed by atoms with van der Waals surface area (Å²) in [5.41, 5.74) is -10.1. The molecular formula is C88H72N4O. The molecule has 93 heavy (non-hydrogen) atoms. The molecule has 0 aliphatic carbocycles. The number of pyridine rings is 1. The highest BCUT2D eigenvalue weighted by Crippen LogP contribution is 2.45. The Morgan fingerprint density at radius 2 is 0.946 bits per heavy atom. The second-order valence-corrected chi connectivity index (χ2v) is 24.2. The molecular weight excluding hydrogens is 1130 g/mol. The molecule has 5 heteroatoms. The molecule has 0 bridgehead atoms. The highest BCUT2D eigenvalue weighted by Gasteiger charge is 2.27. The number of hydrogen-bond donors (Lipinski definition) is 0. The van der Waals surface area contributed by atoms with E-state index in [-0.39, 0.29) is 44.6 Å². The zero-order valence-corrected chi connectivity index (χ0v) is 50.9. The van der Waals surface area contributed by atoms with Gasteiger partial charge in [0.15, 0.2) is 0 Å². The quantitative estimate of drug-likeness (QED) is 0.0903. The third kappa shape index (κ3) is 11.2. The highest BCUT2D eigenvalue weighted by atomic mass is 16.5. The van der Waals surface area contributed by atoms with Gasteiger partial charge in [-0.15, -0.1) is 0 Å². The van der Waals surface area contributed by atoms with Crippen molar-refractivity contribution in [1.82, 2.24) is 14.1 Å². The van der Waals surface area contributed by atoms with Crippen LogP contribution in [0.2, 0.25) is 0 Å². The predicted molar refractivity (Wildman–Crippen MR) is 387 cm³/mol. The molecule has 3 aromatic heterocycles. The molecule has 0 radical (unpaired) electrons. The van der Waals surface area contributed by atoms with E-state index in [9.17, 15) is 19.2 Å². The van der Waals surface area contributed by atoms with Gasteiger partial charge in [0, 0.05) is 31.3 Å². The van der Waals surface area contributed by atoms with E-state index in [1.165, 1.54) is 57.7 Å². The van der Waals surface area contributed by atoms with E-state index in [1.54, 1.807) is 57.3 Å². The van der Waals surface area contributed by atoms with Crippen LogP contribution in [-0.2, 0) is 10.8 Å². The lowest BCUT2D eigenvalue weighted by Gasteiger charge is -2.26. The Balaban J connectivity index is 1.16. The maximum atomic E-state index is 10.8. The lowest BCUT2D eigenvalue weighted by Crippen LogP contribution is -2.32. The van der Waals surface area contributed by atoms with Crippen LogP contribution in [0.4, 0.5) is 0 Å². The molecule has 3 heterocycles. The summed E-state index contributed by atoms with van der Waals surface area (Å²) >= 11 is 0. The second-order valence-electron chi connectivity index (χ2n) is 24.2. The Labute approximate surface area is 590 Å². The average Bonchev–Trinajstić information content (AvgIpc) is 1.64. The van der Waals surface area contributed by atoms with Crippen LogP contribution in [0.15, 0.2) is 291 Å². The van der Waals surface area contributed by atoms with Gasteiger partial charge < -0.3 is 4.74 Å². The summed E-state index contributed by atoms with van der Waals surface area (Å²) in [6.07, 6.45) is 5.13. The number of para-hydroxylation sites is 1. The van der Waals surface area contributed by atoms with Gasteiger partial charge in [0.05, 0.1) is 69.1 Å². The van der Waals surface area contributed by atoms with E-state index in [0.29, 0.717) is 17.1 Å². The van der Waals surface area contributed by atoms with Crippen molar-refractivity contribution < 1.29 is 53.2 Å². The standard InChI is InChI=1S/C88H72N4O/c1-58-25-23-26-59(2)85(58)64-39-42-81-83(51-64)90(73-35-24-36-74(55-73)93-75-40-41-77-76-37-21-22-38-80(76)92(82(77)56-75)84-54-71(43-44-89-84)87(3,4)5)57-91(81)86-78(69-47-65(60-27-13-9-14-28-60)45-66(48-69)61-29-15-10-16-30-61)52-72(88(6,7)8)53-79(86)70-49-67(62-31-17-11-18-32-62)46-68(50-70)63-33-19-12-20-34-63/h9-56H,1-8H3/i1D3,2D3,9D,10D,11D,12D,13D,14D,15D,16D,17D,18D,19D,20D,27D,28D,29D,30D,31D,32D,33D,34D,45D,46D,47D,48D,49D,50D. The molecule has 15 rings (SSSR count). The topological polar surface area (TPSA) is 35.9 Å². The van der Waals surface area contributed by atoms with Crippen LogP contribution in [0.1, 0.15) is 108 Å². The van der Waals surface area contributed by atoms with E-state index in [2.05, 4.69) is 27.1 Å². The van der Waals surface area contributed by atoms with Crippen molar-refractivity contribution >= 4 is 32.8 Å². The SMILES string of the molecule is [2H]c1c([2H])c([2H])c(-c2c([2H])c(-c3cc(C(C)(C)C)cc(-c4c([2H])c(-c5c([2H])c([2H])c([2H])c([2H])c5[2H])c([2H])c(-c5c([2H])c([2H])c([2H])c([2H])c5[2H])c4[2H])c3-[n+]3[c-]n(-c4cccc(Oc5ccc6c7ccccc7n(-c7cc(C(C)(C)C)ccn7)c6c5)c4)c4cc(-c5c(C([2H])([2H])[2H])cccc5C([2H])([2H])[2H])ccc43)c([2H])c(-c3c([2H])c([2H])c([2H])c([2H])c3[2H])c2[2H])c([2H])c1[2H]. The molecule has 5 nitrogen and oxygen atoms in total. The molecule has 15 aromatic rings. The van der Waals surface area contributed by atoms with E-state index in [0.717, 1.165) is 21.9 Å². The summed E-state index contributed by atoms with van der Waals surface area (Å²) in [7, 11) is 0. The maximum absolute atomic E-state index is 10.8. The first-order valence-electron chi connectivity index (χ1n) is 45.6. The smallest absolute Gasteiger partial charge is 0.269 e. The summed E-state index contributed by atoms with van der Waals surface area (Å²) in [5, 5.41) is 1.75. The lowest BCUT2D eigenvalue weighted by atomic mass is 9.81. The lowest BCUT2D eigenvalue weighted by molar-refractivity contribution is -0.571. The Kier molecular flexibility index (Phi) is 8.30. The summed E-state index contributed by atoms with van der Waals surface area (Å²) in [6, 6.07) is 8.21. The number of benzene rings is 12. The maximum Gasteiger partial charge on any atom is 0.269 e. The number of imidazole rings is 1. The van der Waals surface area contributed by atoms with Gasteiger partial charge in [0.25, 0.3) is 6.33 Å². The van der Waals surface area contributed by atoms with Crippen molar-refractivity contribution in [3.8, 4) is 107 Å². The number of rotatable bonds is 12. The van der Waals surface area contributed by atoms with Crippen LogP contribution in [0.25, 0.3) is 128 Å². The van der Waals surface area contributed by atoms with Crippen LogP contribution in [0.3, 0.4) is 0 Å². The first-order valence-corrected chi connectivity index (χ1v) is 29.6. The molecule has 0 unspecified atom stereocenters. The van der Waals surface area contributed by atoms with Crippen molar-refractivity contribution in [3.05, 3.63) is 319 Å². The van der Waals surface area contributed by atoms with Gasteiger partial charge in [0.1, 0.15) is 17.3 Å². The molecule has 12 aromatic carbocycles. The first-order chi connectivity index (χ1) is 58.4. The van der Waals surface area contributed by atoms with Gasteiger partial charge in [-0.25, -0.2) is 4.98 Å². The van der Waals surface area contributed by atoms with Gasteiger partial charge in [-0.2, -0.15) is 0 Å². The number of ether oxygens (including phenoxy) is 1. The second kappa shape index (κ2) is 23.6. The van der Waals surface area contributed by atoms with Gasteiger partial charge in [-0.05, 0) is 216 Å². The fourth-order valence-corrected chi connectivity index (χ4v) is 11.5.